The number of rotatable bonds is 8. The van der Waals surface area contributed by atoms with Crippen molar-refractivity contribution in [1.29, 1.82) is 0 Å². The maximum Gasteiger partial charge on any atom is 0.0701 e. The molecular formula is C24H28N2O. The molecule has 3 heteroatoms. The van der Waals surface area contributed by atoms with E-state index >= 15 is 0 Å². The van der Waals surface area contributed by atoms with E-state index in [1.54, 1.807) is 0 Å². The summed E-state index contributed by atoms with van der Waals surface area (Å²) in [7, 11) is 2.06. The van der Waals surface area contributed by atoms with E-state index in [0.29, 0.717) is 6.54 Å². The van der Waals surface area contributed by atoms with E-state index in [9.17, 15) is 5.11 Å². The van der Waals surface area contributed by atoms with Crippen molar-refractivity contribution >= 4 is 0 Å². The van der Waals surface area contributed by atoms with Crippen molar-refractivity contribution in [2.75, 3.05) is 13.6 Å². The highest BCUT2D eigenvalue weighted by molar-refractivity contribution is 5.58. The van der Waals surface area contributed by atoms with Crippen molar-refractivity contribution in [3.63, 3.8) is 0 Å². The van der Waals surface area contributed by atoms with Gasteiger partial charge < -0.3 is 5.11 Å². The van der Waals surface area contributed by atoms with Crippen LogP contribution in [0.25, 0.3) is 11.3 Å². The quantitative estimate of drug-likeness (QED) is 0.646. The zero-order valence-corrected chi connectivity index (χ0v) is 16.1. The van der Waals surface area contributed by atoms with Gasteiger partial charge in [-0.3, -0.25) is 9.88 Å². The molecule has 0 aliphatic carbocycles. The summed E-state index contributed by atoms with van der Waals surface area (Å²) < 4.78 is 0. The van der Waals surface area contributed by atoms with E-state index in [-0.39, 0.29) is 12.0 Å². The van der Waals surface area contributed by atoms with E-state index in [0.717, 1.165) is 24.2 Å². The van der Waals surface area contributed by atoms with Crippen LogP contribution in [0.5, 0.6) is 0 Å². The Morgan fingerprint density at radius 2 is 1.59 bits per heavy atom. The number of nitrogens with zero attached hydrogens (tertiary/aromatic N) is 2. The molecular weight excluding hydrogens is 332 g/mol. The first kappa shape index (κ1) is 19.3. The van der Waals surface area contributed by atoms with Gasteiger partial charge >= 0.3 is 0 Å². The first-order valence-corrected chi connectivity index (χ1v) is 9.52. The minimum atomic E-state index is -0.344. The number of aliphatic hydroxyl groups excluding tert-OH is 1. The predicted molar refractivity (Wildman–Crippen MR) is 111 cm³/mol. The van der Waals surface area contributed by atoms with Gasteiger partial charge in [-0.15, -0.1) is 0 Å². The minimum Gasteiger partial charge on any atom is -0.392 e. The molecule has 140 valence electrons. The Bertz CT molecular complexity index is 803. The number of hydrogen-bond acceptors (Lipinski definition) is 3. The van der Waals surface area contributed by atoms with Crippen LogP contribution in [0.3, 0.4) is 0 Å². The second kappa shape index (κ2) is 9.45. The summed E-state index contributed by atoms with van der Waals surface area (Å²) in [6.45, 7) is 3.60. The van der Waals surface area contributed by atoms with Crippen molar-refractivity contribution in [1.82, 2.24) is 9.88 Å². The van der Waals surface area contributed by atoms with Crippen LogP contribution < -0.4 is 0 Å². The number of pyridine rings is 1. The highest BCUT2D eigenvalue weighted by Crippen LogP contribution is 2.18. The third-order valence-corrected chi connectivity index (χ3v) is 4.92. The van der Waals surface area contributed by atoms with E-state index in [4.69, 9.17) is 0 Å². The lowest BCUT2D eigenvalue weighted by atomic mass is 9.95. The van der Waals surface area contributed by atoms with Gasteiger partial charge in [-0.05, 0) is 42.6 Å². The van der Waals surface area contributed by atoms with E-state index < -0.39 is 0 Å². The topological polar surface area (TPSA) is 36.4 Å². The van der Waals surface area contributed by atoms with Crippen LogP contribution >= 0.6 is 0 Å². The molecule has 1 N–H and O–H groups in total. The van der Waals surface area contributed by atoms with Gasteiger partial charge in [-0.1, -0.05) is 67.6 Å². The van der Waals surface area contributed by atoms with E-state index in [1.165, 1.54) is 11.1 Å². The van der Waals surface area contributed by atoms with Crippen LogP contribution in [0, 0.1) is 5.92 Å². The Balaban J connectivity index is 1.51. The molecule has 0 fully saturated rings. The van der Waals surface area contributed by atoms with Crippen molar-refractivity contribution in [3.05, 3.63) is 90.1 Å². The van der Waals surface area contributed by atoms with Gasteiger partial charge in [0, 0.05) is 24.8 Å². The average Bonchev–Trinajstić information content (AvgIpc) is 2.70. The van der Waals surface area contributed by atoms with Gasteiger partial charge in [0.2, 0.25) is 0 Å². The van der Waals surface area contributed by atoms with E-state index in [1.807, 2.05) is 30.5 Å². The first-order valence-electron chi connectivity index (χ1n) is 9.52. The monoisotopic (exact) mass is 360 g/mol. The lowest BCUT2D eigenvalue weighted by molar-refractivity contribution is 0.0770. The van der Waals surface area contributed by atoms with Gasteiger partial charge in [-0.25, -0.2) is 0 Å². The SMILES string of the molecule is C[C@@H](Cc1ccccc1)[C@@H](O)CN(C)Cc1ccc(-c2ccccn2)cc1. The Morgan fingerprint density at radius 3 is 2.26 bits per heavy atom. The fourth-order valence-electron chi connectivity index (χ4n) is 3.31. The Labute approximate surface area is 162 Å². The third kappa shape index (κ3) is 5.75. The molecule has 0 saturated heterocycles. The molecule has 0 aliphatic rings. The average molecular weight is 361 g/mol. The van der Waals surface area contributed by atoms with E-state index in [2.05, 4.69) is 72.4 Å². The molecule has 0 radical (unpaired) electrons. The highest BCUT2D eigenvalue weighted by atomic mass is 16.3. The summed E-state index contributed by atoms with van der Waals surface area (Å²) in [6, 6.07) is 24.8. The Hall–Kier alpha value is -2.49. The van der Waals surface area contributed by atoms with Crippen LogP contribution in [-0.2, 0) is 13.0 Å². The van der Waals surface area contributed by atoms with Crippen LogP contribution in [0.15, 0.2) is 79.0 Å². The summed E-state index contributed by atoms with van der Waals surface area (Å²) in [5.74, 6) is 0.224. The van der Waals surface area contributed by atoms with Crippen molar-refractivity contribution in [3.8, 4) is 11.3 Å². The van der Waals surface area contributed by atoms with Crippen LogP contribution in [0.2, 0.25) is 0 Å². The number of likely N-dealkylation sites (N-methyl/N-ethyl adjacent to an activating group) is 1. The molecule has 1 heterocycles. The largest absolute Gasteiger partial charge is 0.392 e. The maximum absolute atomic E-state index is 10.6. The van der Waals surface area contributed by atoms with Gasteiger partial charge in [-0.2, -0.15) is 0 Å². The summed E-state index contributed by atoms with van der Waals surface area (Å²) in [4.78, 5) is 6.57. The maximum atomic E-state index is 10.6. The number of aliphatic hydroxyl groups is 1. The summed E-state index contributed by atoms with van der Waals surface area (Å²) in [5.41, 5.74) is 4.62. The molecule has 0 aliphatic heterocycles. The zero-order valence-electron chi connectivity index (χ0n) is 16.1. The lowest BCUT2D eigenvalue weighted by Gasteiger charge is -2.25. The normalized spacial score (nSPS) is 13.5. The molecule has 2 aromatic carbocycles. The molecule has 0 saturated carbocycles. The number of hydrogen-bond donors (Lipinski definition) is 1. The van der Waals surface area contributed by atoms with Crippen LogP contribution in [0.1, 0.15) is 18.1 Å². The summed E-state index contributed by atoms with van der Waals surface area (Å²) in [5, 5.41) is 10.6. The first-order chi connectivity index (χ1) is 13.1. The molecule has 1 aromatic heterocycles. The Morgan fingerprint density at radius 1 is 0.889 bits per heavy atom. The molecule has 0 amide bonds. The summed E-state index contributed by atoms with van der Waals surface area (Å²) in [6.07, 6.45) is 2.37. The molecule has 27 heavy (non-hydrogen) atoms. The second-order valence-electron chi connectivity index (χ2n) is 7.34. The molecule has 0 bridgehead atoms. The highest BCUT2D eigenvalue weighted by Gasteiger charge is 2.17. The fraction of sp³-hybridized carbons (Fsp3) is 0.292. The molecule has 2 atom stereocenters. The van der Waals surface area contributed by atoms with Crippen LogP contribution in [-0.4, -0.2) is 34.7 Å². The fourth-order valence-corrected chi connectivity index (χ4v) is 3.31. The third-order valence-electron chi connectivity index (χ3n) is 4.92. The van der Waals surface area contributed by atoms with Crippen LogP contribution in [0.4, 0.5) is 0 Å². The second-order valence-corrected chi connectivity index (χ2v) is 7.34. The number of aromatic nitrogens is 1. The molecule has 3 aromatic rings. The van der Waals surface area contributed by atoms with Gasteiger partial charge in [0.25, 0.3) is 0 Å². The molecule has 3 rings (SSSR count). The predicted octanol–water partition coefficient (Wildman–Crippen LogP) is 4.42. The Kier molecular flexibility index (Phi) is 6.74. The van der Waals surface area contributed by atoms with Crippen molar-refractivity contribution in [2.45, 2.75) is 26.0 Å². The zero-order chi connectivity index (χ0) is 19.1. The number of benzene rings is 2. The standard InChI is InChI=1S/C24H28N2O/c1-19(16-20-8-4-3-5-9-20)24(27)18-26(2)17-21-11-13-22(14-12-21)23-10-6-7-15-25-23/h3-15,19,24,27H,16-18H2,1-2H3/t19-,24-/m0/s1. The lowest BCUT2D eigenvalue weighted by Crippen LogP contribution is -2.33. The van der Waals surface area contributed by atoms with Crippen molar-refractivity contribution < 1.29 is 5.11 Å². The molecule has 0 unspecified atom stereocenters. The van der Waals surface area contributed by atoms with Crippen molar-refractivity contribution in [2.24, 2.45) is 5.92 Å². The van der Waals surface area contributed by atoms with Gasteiger partial charge in [0.15, 0.2) is 0 Å². The molecule has 3 nitrogen and oxygen atoms in total. The summed E-state index contributed by atoms with van der Waals surface area (Å²) >= 11 is 0. The van der Waals surface area contributed by atoms with Gasteiger partial charge in [0.1, 0.15) is 0 Å². The van der Waals surface area contributed by atoms with Gasteiger partial charge in [0.05, 0.1) is 11.8 Å². The minimum absolute atomic E-state index is 0.224. The molecule has 0 spiro atoms. The smallest absolute Gasteiger partial charge is 0.0701 e.